The van der Waals surface area contributed by atoms with E-state index < -0.39 is 0 Å². The number of carbonyl (C=O) groups is 2. The Hall–Kier alpha value is -1.88. The van der Waals surface area contributed by atoms with Crippen LogP contribution < -0.4 is 10.6 Å². The van der Waals surface area contributed by atoms with Crippen molar-refractivity contribution in [2.75, 3.05) is 19.6 Å². The molecule has 0 bridgehead atoms. The maximum atomic E-state index is 12.4. The Balaban J connectivity index is 1.26. The minimum Gasteiger partial charge on any atom is -0.352 e. The number of hydrogen-bond acceptors (Lipinski definition) is 3. The molecule has 25 heavy (non-hydrogen) atoms. The van der Waals surface area contributed by atoms with Gasteiger partial charge in [-0.25, -0.2) is 0 Å². The standard InChI is InChI=1S/C20H27N3O2/c24-18-2-1-11-23(18)14-16-5-3-15(4-6-16)13-22-19(25)17-12-20(17)7-9-21-10-8-20/h3-6,17,21H,1-2,7-14H2,(H,22,25). The summed E-state index contributed by atoms with van der Waals surface area (Å²) in [6, 6.07) is 8.25. The van der Waals surface area contributed by atoms with E-state index in [1.807, 2.05) is 4.90 Å². The molecule has 5 nitrogen and oxygen atoms in total. The maximum Gasteiger partial charge on any atom is 0.223 e. The van der Waals surface area contributed by atoms with E-state index in [1.165, 1.54) is 0 Å². The summed E-state index contributed by atoms with van der Waals surface area (Å²) in [5, 5.41) is 6.48. The summed E-state index contributed by atoms with van der Waals surface area (Å²) in [5.41, 5.74) is 2.56. The van der Waals surface area contributed by atoms with Gasteiger partial charge in [-0.2, -0.15) is 0 Å². The van der Waals surface area contributed by atoms with Crippen LogP contribution in [-0.4, -0.2) is 36.3 Å². The SMILES string of the molecule is O=C(NCc1ccc(CN2CCCC2=O)cc1)C1CC12CCNCC2. The molecule has 2 aliphatic heterocycles. The Morgan fingerprint density at radius 2 is 1.92 bits per heavy atom. The van der Waals surface area contributed by atoms with E-state index in [0.29, 0.717) is 24.9 Å². The molecule has 134 valence electrons. The molecule has 4 rings (SSSR count). The van der Waals surface area contributed by atoms with Crippen LogP contribution in [0.2, 0.25) is 0 Å². The van der Waals surface area contributed by atoms with Crippen LogP contribution in [0.5, 0.6) is 0 Å². The van der Waals surface area contributed by atoms with E-state index in [0.717, 1.165) is 56.4 Å². The minimum atomic E-state index is 0.216. The van der Waals surface area contributed by atoms with E-state index in [2.05, 4.69) is 34.9 Å². The average molecular weight is 341 g/mol. The van der Waals surface area contributed by atoms with Gasteiger partial charge in [-0.1, -0.05) is 24.3 Å². The van der Waals surface area contributed by atoms with Crippen molar-refractivity contribution >= 4 is 11.8 Å². The summed E-state index contributed by atoms with van der Waals surface area (Å²) in [5.74, 6) is 0.691. The van der Waals surface area contributed by atoms with Crippen molar-refractivity contribution in [3.05, 3.63) is 35.4 Å². The first-order valence-electron chi connectivity index (χ1n) is 9.50. The molecule has 1 saturated carbocycles. The van der Waals surface area contributed by atoms with Crippen molar-refractivity contribution < 1.29 is 9.59 Å². The third-order valence-corrected chi connectivity index (χ3v) is 6.14. The summed E-state index contributed by atoms with van der Waals surface area (Å²) >= 11 is 0. The van der Waals surface area contributed by atoms with Gasteiger partial charge in [0.15, 0.2) is 0 Å². The van der Waals surface area contributed by atoms with Crippen molar-refractivity contribution in [1.82, 2.24) is 15.5 Å². The van der Waals surface area contributed by atoms with Crippen LogP contribution in [0.25, 0.3) is 0 Å². The van der Waals surface area contributed by atoms with Gasteiger partial charge in [0, 0.05) is 32.0 Å². The second kappa shape index (κ2) is 6.79. The molecule has 2 saturated heterocycles. The third kappa shape index (κ3) is 3.56. The number of nitrogens with zero attached hydrogens (tertiary/aromatic N) is 1. The molecule has 1 unspecified atom stereocenters. The van der Waals surface area contributed by atoms with Crippen LogP contribution in [0, 0.1) is 11.3 Å². The zero-order chi connectivity index (χ0) is 17.3. The fourth-order valence-electron chi connectivity index (χ4n) is 4.36. The predicted octanol–water partition coefficient (Wildman–Crippen LogP) is 1.81. The Bertz CT molecular complexity index is 649. The van der Waals surface area contributed by atoms with Crippen LogP contribution in [0.15, 0.2) is 24.3 Å². The van der Waals surface area contributed by atoms with Crippen LogP contribution in [-0.2, 0) is 22.7 Å². The van der Waals surface area contributed by atoms with Crippen molar-refractivity contribution in [3.63, 3.8) is 0 Å². The molecule has 1 aliphatic carbocycles. The van der Waals surface area contributed by atoms with E-state index >= 15 is 0 Å². The van der Waals surface area contributed by atoms with Gasteiger partial charge in [0.25, 0.3) is 0 Å². The highest BCUT2D eigenvalue weighted by Gasteiger charge is 2.57. The topological polar surface area (TPSA) is 61.4 Å². The number of rotatable bonds is 5. The maximum absolute atomic E-state index is 12.4. The van der Waals surface area contributed by atoms with Gasteiger partial charge in [-0.05, 0) is 55.3 Å². The van der Waals surface area contributed by atoms with E-state index in [-0.39, 0.29) is 17.7 Å². The van der Waals surface area contributed by atoms with Crippen LogP contribution in [0.1, 0.15) is 43.2 Å². The molecule has 1 spiro atoms. The van der Waals surface area contributed by atoms with Crippen molar-refractivity contribution in [3.8, 4) is 0 Å². The highest BCUT2D eigenvalue weighted by Crippen LogP contribution is 2.58. The van der Waals surface area contributed by atoms with Gasteiger partial charge in [-0.15, -0.1) is 0 Å². The molecule has 0 radical (unpaired) electrons. The van der Waals surface area contributed by atoms with Crippen LogP contribution >= 0.6 is 0 Å². The van der Waals surface area contributed by atoms with Gasteiger partial charge < -0.3 is 15.5 Å². The number of nitrogens with one attached hydrogen (secondary N) is 2. The fourth-order valence-corrected chi connectivity index (χ4v) is 4.36. The lowest BCUT2D eigenvalue weighted by atomic mass is 9.92. The highest BCUT2D eigenvalue weighted by atomic mass is 16.2. The van der Waals surface area contributed by atoms with Crippen LogP contribution in [0.4, 0.5) is 0 Å². The molecule has 5 heteroatoms. The number of carbonyl (C=O) groups excluding carboxylic acids is 2. The van der Waals surface area contributed by atoms with Gasteiger partial charge in [-0.3, -0.25) is 9.59 Å². The smallest absolute Gasteiger partial charge is 0.223 e. The molecule has 3 aliphatic rings. The Morgan fingerprint density at radius 3 is 2.60 bits per heavy atom. The molecular formula is C20H27N3O2. The zero-order valence-corrected chi connectivity index (χ0v) is 14.7. The minimum absolute atomic E-state index is 0.216. The van der Waals surface area contributed by atoms with E-state index in [4.69, 9.17) is 0 Å². The molecule has 2 heterocycles. The summed E-state index contributed by atoms with van der Waals surface area (Å²) in [4.78, 5) is 26.0. The average Bonchev–Trinajstić information content (AvgIpc) is 3.17. The summed E-state index contributed by atoms with van der Waals surface area (Å²) in [7, 11) is 0. The summed E-state index contributed by atoms with van der Waals surface area (Å²) in [6.07, 6.45) is 4.98. The molecule has 0 aromatic heterocycles. The first-order valence-corrected chi connectivity index (χ1v) is 9.50. The second-order valence-electron chi connectivity index (χ2n) is 7.82. The number of amides is 2. The third-order valence-electron chi connectivity index (χ3n) is 6.14. The molecule has 1 aromatic carbocycles. The Labute approximate surface area is 149 Å². The first kappa shape index (κ1) is 16.6. The number of piperidine rings is 1. The monoisotopic (exact) mass is 341 g/mol. The molecule has 2 amide bonds. The Morgan fingerprint density at radius 1 is 1.20 bits per heavy atom. The number of benzene rings is 1. The van der Waals surface area contributed by atoms with Crippen molar-refractivity contribution in [1.29, 1.82) is 0 Å². The molecule has 1 aromatic rings. The van der Waals surface area contributed by atoms with Crippen molar-refractivity contribution in [2.45, 2.75) is 45.2 Å². The Kier molecular flexibility index (Phi) is 4.50. The van der Waals surface area contributed by atoms with Gasteiger partial charge >= 0.3 is 0 Å². The lowest BCUT2D eigenvalue weighted by Gasteiger charge is -2.23. The van der Waals surface area contributed by atoms with Gasteiger partial charge in [0.1, 0.15) is 0 Å². The first-order chi connectivity index (χ1) is 12.2. The summed E-state index contributed by atoms with van der Waals surface area (Å²) < 4.78 is 0. The fraction of sp³-hybridized carbons (Fsp3) is 0.600. The molecule has 2 N–H and O–H groups in total. The quantitative estimate of drug-likeness (QED) is 0.859. The second-order valence-corrected chi connectivity index (χ2v) is 7.82. The van der Waals surface area contributed by atoms with E-state index in [9.17, 15) is 9.59 Å². The largest absolute Gasteiger partial charge is 0.352 e. The molecule has 3 fully saturated rings. The van der Waals surface area contributed by atoms with Crippen LogP contribution in [0.3, 0.4) is 0 Å². The molecular weight excluding hydrogens is 314 g/mol. The normalized spacial score (nSPS) is 24.6. The van der Waals surface area contributed by atoms with E-state index in [1.54, 1.807) is 0 Å². The predicted molar refractivity (Wildman–Crippen MR) is 95.6 cm³/mol. The van der Waals surface area contributed by atoms with Crippen molar-refractivity contribution in [2.24, 2.45) is 11.3 Å². The highest BCUT2D eigenvalue weighted by molar-refractivity contribution is 5.82. The lowest BCUT2D eigenvalue weighted by molar-refractivity contribution is -0.128. The number of likely N-dealkylation sites (tertiary alicyclic amines) is 1. The number of hydrogen-bond donors (Lipinski definition) is 2. The van der Waals surface area contributed by atoms with Gasteiger partial charge in [0.05, 0.1) is 0 Å². The summed E-state index contributed by atoms with van der Waals surface area (Å²) in [6.45, 7) is 4.25. The lowest BCUT2D eigenvalue weighted by Crippen LogP contribution is -2.33. The van der Waals surface area contributed by atoms with Gasteiger partial charge in [0.2, 0.25) is 11.8 Å². The zero-order valence-electron chi connectivity index (χ0n) is 14.7. The molecule has 1 atom stereocenters.